The van der Waals surface area contributed by atoms with Crippen molar-refractivity contribution in [3.8, 4) is 0 Å². The number of rotatable bonds is 14. The summed E-state index contributed by atoms with van der Waals surface area (Å²) in [7, 11) is 0. The van der Waals surface area contributed by atoms with Crippen molar-refractivity contribution < 1.29 is 29.4 Å². The van der Waals surface area contributed by atoms with E-state index in [-0.39, 0.29) is 18.8 Å². The van der Waals surface area contributed by atoms with E-state index in [1.807, 2.05) is 31.2 Å². The van der Waals surface area contributed by atoms with Crippen molar-refractivity contribution in [1.82, 2.24) is 30.9 Å². The van der Waals surface area contributed by atoms with Crippen molar-refractivity contribution in [2.75, 3.05) is 0 Å². The van der Waals surface area contributed by atoms with Crippen molar-refractivity contribution in [3.05, 3.63) is 54.2 Å². The summed E-state index contributed by atoms with van der Waals surface area (Å²) in [6, 6.07) is 2.88. The largest absolute Gasteiger partial charge is 0.480 e. The molecule has 6 unspecified atom stereocenters. The predicted molar refractivity (Wildman–Crippen MR) is 147 cm³/mol. The van der Waals surface area contributed by atoms with Crippen molar-refractivity contribution in [3.63, 3.8) is 0 Å². The molecule has 13 heteroatoms. The number of amides is 3. The van der Waals surface area contributed by atoms with Gasteiger partial charge in [-0.25, -0.2) is 9.78 Å². The lowest BCUT2D eigenvalue weighted by atomic mass is 9.96. The number of para-hydroxylation sites is 1. The molecule has 3 aromatic rings. The number of aliphatic carboxylic acids is 1. The first kappa shape index (κ1) is 30.3. The zero-order chi connectivity index (χ0) is 29.4. The summed E-state index contributed by atoms with van der Waals surface area (Å²) in [6.45, 7) is 4.88. The van der Waals surface area contributed by atoms with Gasteiger partial charge in [-0.15, -0.1) is 0 Å². The molecule has 1 aromatic carbocycles. The summed E-state index contributed by atoms with van der Waals surface area (Å²) < 4.78 is 0. The third kappa shape index (κ3) is 7.67. The predicted octanol–water partition coefficient (Wildman–Crippen LogP) is -0.0306. The number of aromatic amines is 2. The van der Waals surface area contributed by atoms with Gasteiger partial charge in [0.15, 0.2) is 6.04 Å². The highest BCUT2D eigenvalue weighted by Crippen LogP contribution is 2.19. The van der Waals surface area contributed by atoms with Gasteiger partial charge in [-0.05, 0) is 30.9 Å². The van der Waals surface area contributed by atoms with E-state index < -0.39 is 54.0 Å². The van der Waals surface area contributed by atoms with Crippen LogP contribution < -0.4 is 21.7 Å². The molecule has 0 spiro atoms. The Bertz CT molecular complexity index is 1310. The van der Waals surface area contributed by atoms with Crippen LogP contribution in [0.2, 0.25) is 0 Å². The Balaban J connectivity index is 1.75. The Hall–Kier alpha value is -4.23. The van der Waals surface area contributed by atoms with Gasteiger partial charge in [-0.2, -0.15) is 0 Å². The van der Waals surface area contributed by atoms with Crippen LogP contribution in [0.3, 0.4) is 0 Å². The maximum atomic E-state index is 13.4. The first-order valence-electron chi connectivity index (χ1n) is 13.1. The Kier molecular flexibility index (Phi) is 10.4. The summed E-state index contributed by atoms with van der Waals surface area (Å²) in [6.07, 6.45) is 4.03. The van der Waals surface area contributed by atoms with Crippen LogP contribution >= 0.6 is 0 Å². The number of aliphatic hydroxyl groups is 1. The highest BCUT2D eigenvalue weighted by Gasteiger charge is 2.34. The van der Waals surface area contributed by atoms with Crippen LogP contribution in [-0.2, 0) is 32.0 Å². The normalized spacial score (nSPS) is 15.8. The van der Waals surface area contributed by atoms with Gasteiger partial charge >= 0.3 is 5.97 Å². The van der Waals surface area contributed by atoms with Crippen molar-refractivity contribution in [2.24, 2.45) is 11.7 Å². The van der Waals surface area contributed by atoms with Crippen LogP contribution in [0.1, 0.15) is 38.4 Å². The van der Waals surface area contributed by atoms with Gasteiger partial charge < -0.3 is 41.9 Å². The van der Waals surface area contributed by atoms with Crippen LogP contribution in [0.4, 0.5) is 0 Å². The quantitative estimate of drug-likeness (QED) is 0.135. The van der Waals surface area contributed by atoms with Crippen molar-refractivity contribution >= 4 is 34.6 Å². The Morgan fingerprint density at radius 2 is 1.68 bits per heavy atom. The van der Waals surface area contributed by atoms with Gasteiger partial charge in [-0.1, -0.05) is 38.5 Å². The molecule has 0 radical (unpaired) electrons. The fraction of sp³-hybridized carbons (Fsp3) is 0.444. The van der Waals surface area contributed by atoms with Crippen LogP contribution in [0.25, 0.3) is 10.9 Å². The lowest BCUT2D eigenvalue weighted by Gasteiger charge is -2.28. The minimum Gasteiger partial charge on any atom is -0.480 e. The molecule has 3 amide bonds. The van der Waals surface area contributed by atoms with Gasteiger partial charge in [-0.3, -0.25) is 14.4 Å². The molecule has 0 aliphatic carbocycles. The van der Waals surface area contributed by atoms with E-state index in [0.717, 1.165) is 16.5 Å². The molecule has 3 rings (SSSR count). The average molecular weight is 556 g/mol. The molecule has 0 saturated heterocycles. The number of carbonyl (C=O) groups is 4. The van der Waals surface area contributed by atoms with Crippen LogP contribution in [0, 0.1) is 5.92 Å². The number of imidazole rings is 1. The number of hydrogen-bond acceptors (Lipinski definition) is 7. The van der Waals surface area contributed by atoms with Crippen molar-refractivity contribution in [1.29, 1.82) is 0 Å². The molecule has 2 aromatic heterocycles. The molecule has 2 heterocycles. The number of nitrogens with two attached hydrogens (primary N) is 1. The number of benzene rings is 1. The van der Waals surface area contributed by atoms with E-state index >= 15 is 0 Å². The zero-order valence-electron chi connectivity index (χ0n) is 22.7. The minimum atomic E-state index is -1.58. The lowest BCUT2D eigenvalue weighted by molar-refractivity contribution is -0.145. The Labute approximate surface area is 231 Å². The average Bonchev–Trinajstić information content (AvgIpc) is 3.58. The number of aromatic nitrogens is 3. The summed E-state index contributed by atoms with van der Waals surface area (Å²) in [5.41, 5.74) is 8.52. The maximum Gasteiger partial charge on any atom is 0.328 e. The van der Waals surface area contributed by atoms with Crippen LogP contribution in [0.15, 0.2) is 43.0 Å². The molecule has 0 fully saturated rings. The van der Waals surface area contributed by atoms with Crippen LogP contribution in [0.5, 0.6) is 0 Å². The first-order valence-corrected chi connectivity index (χ1v) is 13.1. The number of H-pyrrole nitrogens is 2. The standard InChI is InChI=1S/C27H37N7O6/c1-4-14(2)22(33-24(36)19(28)9-16-11-30-20-8-6-5-7-18(16)20)26(38)32-21(10-17-12-29-13-31-17)25(37)34-23(15(3)35)27(39)40/h5-8,11-15,19,21-23,30,35H,4,9-10,28H2,1-3H3,(H,29,31)(H,32,38)(H,33,36)(H,34,37)(H,39,40). The van der Waals surface area contributed by atoms with E-state index in [0.29, 0.717) is 12.1 Å². The lowest BCUT2D eigenvalue weighted by Crippen LogP contribution is -2.60. The molecule has 9 N–H and O–H groups in total. The second-order valence-corrected chi connectivity index (χ2v) is 9.95. The maximum absolute atomic E-state index is 13.4. The highest BCUT2D eigenvalue weighted by molar-refractivity contribution is 5.94. The monoisotopic (exact) mass is 555 g/mol. The fourth-order valence-electron chi connectivity index (χ4n) is 4.32. The topological polar surface area (TPSA) is 215 Å². The summed E-state index contributed by atoms with van der Waals surface area (Å²) in [4.78, 5) is 61.0. The minimum absolute atomic E-state index is 0.0367. The van der Waals surface area contributed by atoms with E-state index in [9.17, 15) is 29.4 Å². The molecule has 216 valence electrons. The molecular weight excluding hydrogens is 518 g/mol. The van der Waals surface area contributed by atoms with E-state index in [1.54, 1.807) is 13.1 Å². The number of carbonyl (C=O) groups excluding carboxylic acids is 3. The van der Waals surface area contributed by atoms with Gasteiger partial charge in [0.2, 0.25) is 17.7 Å². The van der Waals surface area contributed by atoms with Gasteiger partial charge in [0, 0.05) is 35.4 Å². The van der Waals surface area contributed by atoms with Gasteiger partial charge in [0.05, 0.1) is 18.5 Å². The number of carboxylic acid groups (broad SMARTS) is 1. The molecular formula is C27H37N7O6. The summed E-state index contributed by atoms with van der Waals surface area (Å²) in [5, 5.41) is 27.7. The Morgan fingerprint density at radius 1 is 0.975 bits per heavy atom. The Morgan fingerprint density at radius 3 is 2.30 bits per heavy atom. The number of nitrogens with one attached hydrogen (secondary N) is 5. The fourth-order valence-corrected chi connectivity index (χ4v) is 4.32. The second kappa shape index (κ2) is 13.7. The third-order valence-electron chi connectivity index (χ3n) is 6.90. The van der Waals surface area contributed by atoms with Gasteiger partial charge in [0.1, 0.15) is 12.1 Å². The molecule has 6 atom stereocenters. The number of fused-ring (bicyclic) bond motifs is 1. The summed E-state index contributed by atoms with van der Waals surface area (Å²) >= 11 is 0. The van der Waals surface area contributed by atoms with E-state index in [4.69, 9.17) is 5.73 Å². The second-order valence-electron chi connectivity index (χ2n) is 9.95. The zero-order valence-corrected chi connectivity index (χ0v) is 22.7. The molecule has 13 nitrogen and oxygen atoms in total. The first-order chi connectivity index (χ1) is 19.0. The number of carboxylic acids is 1. The molecule has 0 aliphatic heterocycles. The number of aliphatic hydroxyl groups excluding tert-OH is 1. The van der Waals surface area contributed by atoms with Gasteiger partial charge in [0.25, 0.3) is 0 Å². The van der Waals surface area contributed by atoms with E-state index in [1.165, 1.54) is 19.4 Å². The SMILES string of the molecule is CCC(C)C(NC(=O)C(N)Cc1c[nH]c2ccccc12)C(=O)NC(Cc1cnc[nH]1)C(=O)NC(C(=O)O)C(C)O. The number of hydrogen-bond donors (Lipinski definition) is 8. The molecule has 0 aliphatic rings. The highest BCUT2D eigenvalue weighted by atomic mass is 16.4. The van der Waals surface area contributed by atoms with Crippen LogP contribution in [-0.4, -0.2) is 79.1 Å². The smallest absolute Gasteiger partial charge is 0.328 e. The summed E-state index contributed by atoms with van der Waals surface area (Å²) in [5.74, 6) is -3.72. The van der Waals surface area contributed by atoms with E-state index in [2.05, 4.69) is 30.9 Å². The third-order valence-corrected chi connectivity index (χ3v) is 6.90. The van der Waals surface area contributed by atoms with Crippen molar-refractivity contribution in [2.45, 2.75) is 70.3 Å². The molecule has 0 saturated carbocycles. The number of nitrogens with zero attached hydrogens (tertiary/aromatic N) is 1. The molecule has 40 heavy (non-hydrogen) atoms. The molecule has 0 bridgehead atoms.